The maximum Gasteiger partial charge on any atom is 0.246 e. The number of hydrogen-bond donors (Lipinski definition) is 3. The average molecular weight is 405 g/mol. The quantitative estimate of drug-likeness (QED) is 0.527. The van der Waals surface area contributed by atoms with Gasteiger partial charge in [0.05, 0.1) is 11.0 Å². The summed E-state index contributed by atoms with van der Waals surface area (Å²) in [5.41, 5.74) is 3.97. The zero-order chi connectivity index (χ0) is 21.1. The van der Waals surface area contributed by atoms with Crippen molar-refractivity contribution in [3.8, 4) is 0 Å². The summed E-state index contributed by atoms with van der Waals surface area (Å²) in [4.78, 5) is 32.8. The molecule has 0 spiro atoms. The fourth-order valence-electron chi connectivity index (χ4n) is 3.85. The third kappa shape index (κ3) is 4.70. The number of carbonyl (C=O) groups is 2. The van der Waals surface area contributed by atoms with E-state index in [9.17, 15) is 9.59 Å². The van der Waals surface area contributed by atoms with E-state index in [1.807, 2.05) is 48.5 Å². The molecule has 6 heteroatoms. The second kappa shape index (κ2) is 8.69. The van der Waals surface area contributed by atoms with Crippen LogP contribution in [0.3, 0.4) is 0 Å². The number of nitrogens with one attached hydrogen (secondary N) is 3. The summed E-state index contributed by atoms with van der Waals surface area (Å²) in [5, 5.41) is 5.69. The third-order valence-electron chi connectivity index (χ3n) is 5.66. The number of para-hydroxylation sites is 2. The van der Waals surface area contributed by atoms with Crippen molar-refractivity contribution in [2.75, 3.05) is 5.32 Å². The molecule has 0 radical (unpaired) electrons. The molecule has 3 N–H and O–H groups in total. The van der Waals surface area contributed by atoms with Gasteiger partial charge in [0.2, 0.25) is 11.8 Å². The van der Waals surface area contributed by atoms with Crippen molar-refractivity contribution < 1.29 is 9.59 Å². The van der Waals surface area contributed by atoms with Gasteiger partial charge in [-0.3, -0.25) is 9.59 Å². The molecule has 3 aromatic rings. The van der Waals surface area contributed by atoms with Crippen molar-refractivity contribution in [2.45, 2.75) is 51.5 Å². The molecule has 0 aliphatic heterocycles. The molecule has 2 amide bonds. The van der Waals surface area contributed by atoms with E-state index in [0.29, 0.717) is 6.42 Å². The summed E-state index contributed by atoms with van der Waals surface area (Å²) in [7, 11) is 0. The monoisotopic (exact) mass is 404 g/mol. The summed E-state index contributed by atoms with van der Waals surface area (Å²) in [6.45, 7) is 3.85. The Balaban J connectivity index is 1.25. The fourth-order valence-corrected chi connectivity index (χ4v) is 3.85. The van der Waals surface area contributed by atoms with Crippen molar-refractivity contribution in [2.24, 2.45) is 5.92 Å². The molecule has 0 saturated heterocycles. The normalized spacial score (nSPS) is 18.7. The number of aromatic nitrogens is 2. The van der Waals surface area contributed by atoms with Gasteiger partial charge in [-0.05, 0) is 55.5 Å². The first-order valence-electron chi connectivity index (χ1n) is 10.7. The van der Waals surface area contributed by atoms with Crippen LogP contribution in [0.25, 0.3) is 11.0 Å². The molecule has 4 rings (SSSR count). The van der Waals surface area contributed by atoms with Crippen LogP contribution < -0.4 is 10.6 Å². The fraction of sp³-hybridized carbons (Fsp3) is 0.375. The van der Waals surface area contributed by atoms with Crippen LogP contribution in [0.1, 0.15) is 50.4 Å². The number of carbonyl (C=O) groups excluding carboxylic acids is 2. The Labute approximate surface area is 176 Å². The molecule has 1 fully saturated rings. The minimum atomic E-state index is -0.587. The highest BCUT2D eigenvalue weighted by molar-refractivity contribution is 5.96. The molecule has 1 aliphatic rings. The maximum atomic E-state index is 12.4. The Morgan fingerprint density at radius 1 is 1.17 bits per heavy atom. The van der Waals surface area contributed by atoms with Crippen LogP contribution in [0.5, 0.6) is 0 Å². The van der Waals surface area contributed by atoms with Gasteiger partial charge in [0.1, 0.15) is 11.9 Å². The molecule has 2 aromatic carbocycles. The number of imidazole rings is 1. The van der Waals surface area contributed by atoms with Gasteiger partial charge in [0.25, 0.3) is 0 Å². The lowest BCUT2D eigenvalue weighted by Crippen LogP contribution is -2.41. The van der Waals surface area contributed by atoms with Crippen LogP contribution in [0.15, 0.2) is 48.5 Å². The molecular formula is C24H28N4O2. The predicted octanol–water partition coefficient (Wildman–Crippen LogP) is 4.15. The number of amides is 2. The first kappa shape index (κ1) is 20.1. The van der Waals surface area contributed by atoms with E-state index in [0.717, 1.165) is 41.8 Å². The zero-order valence-electron chi connectivity index (χ0n) is 17.4. The van der Waals surface area contributed by atoms with Gasteiger partial charge >= 0.3 is 0 Å². The first-order valence-corrected chi connectivity index (χ1v) is 10.7. The van der Waals surface area contributed by atoms with Crippen molar-refractivity contribution in [3.63, 3.8) is 0 Å². The van der Waals surface area contributed by atoms with Crippen molar-refractivity contribution in [1.29, 1.82) is 0 Å². The minimum Gasteiger partial charge on any atom is -0.345 e. The van der Waals surface area contributed by atoms with Gasteiger partial charge < -0.3 is 15.6 Å². The van der Waals surface area contributed by atoms with Gasteiger partial charge in [0.15, 0.2) is 0 Å². The molecule has 6 nitrogen and oxygen atoms in total. The van der Waals surface area contributed by atoms with E-state index in [4.69, 9.17) is 0 Å². The number of H-pyrrole nitrogens is 1. The predicted molar refractivity (Wildman–Crippen MR) is 118 cm³/mol. The highest BCUT2D eigenvalue weighted by atomic mass is 16.2. The first-order chi connectivity index (χ1) is 14.5. The van der Waals surface area contributed by atoms with Gasteiger partial charge in [-0.1, -0.05) is 37.6 Å². The Morgan fingerprint density at radius 3 is 2.67 bits per heavy atom. The number of fused-ring (bicyclic) bond motifs is 1. The van der Waals surface area contributed by atoms with Crippen LogP contribution >= 0.6 is 0 Å². The lowest BCUT2D eigenvalue weighted by Gasteiger charge is -2.14. The number of benzene rings is 2. The number of aromatic amines is 1. The summed E-state index contributed by atoms with van der Waals surface area (Å²) < 4.78 is 0. The standard InChI is InChI=1S/C24H28N4O2/c1-3-6-16-9-11-18(12-10-16)26-24(30)15(2)25-22(29)14-17-13-19(17)23-27-20-7-4-5-8-21(20)28-23/h4-5,7-12,15,17,19H,3,6,13-14H2,1-2H3,(H,25,29)(H,26,30)(H,27,28)/t15-,17-,19-/m0/s1. The number of nitrogens with zero attached hydrogens (tertiary/aromatic N) is 1. The third-order valence-corrected chi connectivity index (χ3v) is 5.66. The van der Waals surface area contributed by atoms with Crippen molar-refractivity contribution in [1.82, 2.24) is 15.3 Å². The number of aryl methyl sites for hydroxylation is 1. The van der Waals surface area contributed by atoms with Gasteiger partial charge in [-0.15, -0.1) is 0 Å². The van der Waals surface area contributed by atoms with Crippen LogP contribution in [-0.2, 0) is 16.0 Å². The van der Waals surface area contributed by atoms with Crippen LogP contribution in [0.4, 0.5) is 5.69 Å². The molecule has 156 valence electrons. The zero-order valence-corrected chi connectivity index (χ0v) is 17.4. The Kier molecular flexibility index (Phi) is 5.84. The maximum absolute atomic E-state index is 12.4. The van der Waals surface area contributed by atoms with E-state index < -0.39 is 6.04 Å². The van der Waals surface area contributed by atoms with E-state index in [1.165, 1.54) is 5.56 Å². The summed E-state index contributed by atoms with van der Waals surface area (Å²) >= 11 is 0. The smallest absolute Gasteiger partial charge is 0.246 e. The molecular weight excluding hydrogens is 376 g/mol. The molecule has 3 atom stereocenters. The highest BCUT2D eigenvalue weighted by Gasteiger charge is 2.42. The van der Waals surface area contributed by atoms with E-state index >= 15 is 0 Å². The molecule has 1 aliphatic carbocycles. The Morgan fingerprint density at radius 2 is 1.93 bits per heavy atom. The number of anilines is 1. The van der Waals surface area contributed by atoms with Gasteiger partial charge in [-0.2, -0.15) is 0 Å². The summed E-state index contributed by atoms with van der Waals surface area (Å²) in [5.74, 6) is 1.20. The number of rotatable bonds is 8. The molecule has 30 heavy (non-hydrogen) atoms. The minimum absolute atomic E-state index is 0.0976. The van der Waals surface area contributed by atoms with Crippen molar-refractivity contribution >= 4 is 28.5 Å². The van der Waals surface area contributed by atoms with E-state index in [2.05, 4.69) is 27.5 Å². The molecule has 0 bridgehead atoms. The lowest BCUT2D eigenvalue weighted by atomic mass is 10.1. The SMILES string of the molecule is CCCc1ccc(NC(=O)[C@H](C)NC(=O)C[C@@H]2C[C@@H]2c2nc3ccccc3[nH]2)cc1. The molecule has 0 unspecified atom stereocenters. The summed E-state index contributed by atoms with van der Waals surface area (Å²) in [6.07, 6.45) is 3.47. The molecule has 1 heterocycles. The molecule has 1 aromatic heterocycles. The van der Waals surface area contributed by atoms with Gasteiger partial charge in [0, 0.05) is 18.0 Å². The van der Waals surface area contributed by atoms with E-state index in [-0.39, 0.29) is 23.7 Å². The highest BCUT2D eigenvalue weighted by Crippen LogP contribution is 2.48. The number of hydrogen-bond acceptors (Lipinski definition) is 3. The Bertz CT molecular complexity index is 1010. The average Bonchev–Trinajstić information content (AvgIpc) is 3.35. The summed E-state index contributed by atoms with van der Waals surface area (Å²) in [6, 6.07) is 15.2. The molecule has 1 saturated carbocycles. The lowest BCUT2D eigenvalue weighted by molar-refractivity contribution is -0.126. The topological polar surface area (TPSA) is 86.9 Å². The largest absolute Gasteiger partial charge is 0.345 e. The van der Waals surface area contributed by atoms with Crippen LogP contribution in [0, 0.1) is 5.92 Å². The Hall–Kier alpha value is -3.15. The van der Waals surface area contributed by atoms with Crippen molar-refractivity contribution in [3.05, 3.63) is 59.9 Å². The van der Waals surface area contributed by atoms with Crippen LogP contribution in [0.2, 0.25) is 0 Å². The van der Waals surface area contributed by atoms with Gasteiger partial charge in [-0.25, -0.2) is 4.98 Å². The van der Waals surface area contributed by atoms with E-state index in [1.54, 1.807) is 6.92 Å². The second-order valence-corrected chi connectivity index (χ2v) is 8.17. The van der Waals surface area contributed by atoms with Crippen LogP contribution in [-0.4, -0.2) is 27.8 Å². The second-order valence-electron chi connectivity index (χ2n) is 8.17.